The lowest BCUT2D eigenvalue weighted by atomic mass is 10.1. The molecule has 1 heterocycles. The lowest BCUT2D eigenvalue weighted by molar-refractivity contribution is -0.156. The first-order chi connectivity index (χ1) is 10.9. The Labute approximate surface area is 143 Å². The van der Waals surface area contributed by atoms with Gasteiger partial charge in [-0.05, 0) is 43.7 Å². The molecule has 0 unspecified atom stereocenters. The number of hydrogen-bond donors (Lipinski definition) is 0. The molecule has 3 rings (SSSR count). The van der Waals surface area contributed by atoms with Crippen molar-refractivity contribution in [3.8, 4) is 0 Å². The molecule has 2 aromatic carbocycles. The Morgan fingerprint density at radius 3 is 2.74 bits per heavy atom. The third-order valence-electron chi connectivity index (χ3n) is 3.42. The number of benzene rings is 2. The second kappa shape index (κ2) is 6.30. The largest absolute Gasteiger partial charge is 0.452 e. The van der Waals surface area contributed by atoms with E-state index < -0.39 is 5.60 Å². The lowest BCUT2D eigenvalue weighted by Crippen LogP contribution is -2.26. The summed E-state index contributed by atoms with van der Waals surface area (Å²) in [5.41, 5.74) is 0.994. The molecule has 0 amide bonds. The Kier molecular flexibility index (Phi) is 4.37. The van der Waals surface area contributed by atoms with Crippen molar-refractivity contribution in [2.75, 3.05) is 0 Å². The van der Waals surface area contributed by atoms with Gasteiger partial charge in [0.05, 0.1) is 16.6 Å². The summed E-state index contributed by atoms with van der Waals surface area (Å²) in [6.07, 6.45) is 0.189. The van der Waals surface area contributed by atoms with Crippen LogP contribution in [0, 0.1) is 0 Å². The van der Waals surface area contributed by atoms with Gasteiger partial charge in [0, 0.05) is 5.02 Å². The number of nitrogens with zero attached hydrogens (tertiary/aromatic N) is 1. The van der Waals surface area contributed by atoms with Crippen LogP contribution in [-0.2, 0) is 21.6 Å². The van der Waals surface area contributed by atoms with Crippen molar-refractivity contribution in [3.05, 3.63) is 64.1 Å². The number of hydrogen-bond acceptors (Lipinski definition) is 4. The molecule has 0 saturated carbocycles. The Morgan fingerprint density at radius 2 is 2.00 bits per heavy atom. The van der Waals surface area contributed by atoms with Crippen LogP contribution >= 0.6 is 22.9 Å². The number of esters is 1. The fourth-order valence-electron chi connectivity index (χ4n) is 2.31. The van der Waals surface area contributed by atoms with Gasteiger partial charge in [0.15, 0.2) is 5.60 Å². The van der Waals surface area contributed by atoms with Crippen LogP contribution in [-0.4, -0.2) is 11.0 Å². The van der Waals surface area contributed by atoms with Crippen LogP contribution in [0.25, 0.3) is 10.2 Å². The number of aromatic nitrogens is 1. The first kappa shape index (κ1) is 16.0. The van der Waals surface area contributed by atoms with E-state index in [-0.39, 0.29) is 12.4 Å². The zero-order valence-corrected chi connectivity index (χ0v) is 14.4. The van der Waals surface area contributed by atoms with Gasteiger partial charge in [-0.15, -0.1) is 11.3 Å². The Bertz CT molecular complexity index is 824. The highest BCUT2D eigenvalue weighted by Gasteiger charge is 2.29. The predicted octanol–water partition coefficient (Wildman–Crippen LogP) is 4.97. The van der Waals surface area contributed by atoms with E-state index in [1.54, 1.807) is 23.5 Å². The molecule has 0 spiro atoms. The first-order valence-electron chi connectivity index (χ1n) is 7.26. The molecule has 0 bridgehead atoms. The van der Waals surface area contributed by atoms with Gasteiger partial charge in [0.25, 0.3) is 0 Å². The third-order valence-corrected chi connectivity index (χ3v) is 4.99. The molecule has 0 radical (unpaired) electrons. The van der Waals surface area contributed by atoms with Gasteiger partial charge in [-0.2, -0.15) is 0 Å². The summed E-state index contributed by atoms with van der Waals surface area (Å²) in [6.45, 7) is 3.72. The molecule has 0 aliphatic rings. The molecule has 0 atom stereocenters. The van der Waals surface area contributed by atoms with E-state index in [9.17, 15) is 4.79 Å². The molecular formula is C18H16ClNO2S. The van der Waals surface area contributed by atoms with E-state index in [0.29, 0.717) is 5.02 Å². The van der Waals surface area contributed by atoms with Crippen LogP contribution in [0.3, 0.4) is 0 Å². The maximum Gasteiger partial charge on any atom is 0.311 e. The summed E-state index contributed by atoms with van der Waals surface area (Å²) in [6, 6.07) is 15.1. The van der Waals surface area contributed by atoms with Crippen LogP contribution < -0.4 is 0 Å². The highest BCUT2D eigenvalue weighted by Crippen LogP contribution is 2.32. The average molecular weight is 346 g/mol. The minimum absolute atomic E-state index is 0.189. The van der Waals surface area contributed by atoms with Gasteiger partial charge in [-0.1, -0.05) is 35.9 Å². The number of thiazole rings is 1. The van der Waals surface area contributed by atoms with Crippen LogP contribution in [0.4, 0.5) is 0 Å². The summed E-state index contributed by atoms with van der Waals surface area (Å²) >= 11 is 7.49. The number of fused-ring (bicyclic) bond motifs is 1. The molecule has 23 heavy (non-hydrogen) atoms. The van der Waals surface area contributed by atoms with Crippen molar-refractivity contribution in [3.63, 3.8) is 0 Å². The zero-order chi connectivity index (χ0) is 16.4. The number of rotatable bonds is 4. The van der Waals surface area contributed by atoms with Crippen molar-refractivity contribution in [2.24, 2.45) is 0 Å². The third kappa shape index (κ3) is 3.71. The maximum absolute atomic E-state index is 12.2. The van der Waals surface area contributed by atoms with E-state index in [2.05, 4.69) is 4.98 Å². The van der Waals surface area contributed by atoms with Crippen molar-refractivity contribution in [1.29, 1.82) is 0 Å². The van der Waals surface area contributed by atoms with Crippen molar-refractivity contribution in [1.82, 2.24) is 4.98 Å². The summed E-state index contributed by atoms with van der Waals surface area (Å²) in [7, 11) is 0. The first-order valence-corrected chi connectivity index (χ1v) is 8.46. The van der Waals surface area contributed by atoms with Gasteiger partial charge >= 0.3 is 5.97 Å². The standard InChI is InChI=1S/C18H16ClNO2S/c1-18(2,17-20-14-8-3-4-9-15(14)23-17)22-16(21)11-12-6-5-7-13(19)10-12/h3-10H,11H2,1-2H3. The molecule has 0 saturated heterocycles. The molecule has 118 valence electrons. The number of carbonyl (C=O) groups is 1. The molecule has 0 aliphatic heterocycles. The summed E-state index contributed by atoms with van der Waals surface area (Å²) in [5, 5.41) is 1.40. The average Bonchev–Trinajstić information content (AvgIpc) is 2.91. The summed E-state index contributed by atoms with van der Waals surface area (Å²) in [4.78, 5) is 16.8. The normalized spacial score (nSPS) is 11.6. The Hall–Kier alpha value is -1.91. The second-order valence-corrected chi connectivity index (χ2v) is 7.24. The lowest BCUT2D eigenvalue weighted by Gasteiger charge is -2.22. The van der Waals surface area contributed by atoms with E-state index in [1.165, 1.54) is 0 Å². The minimum Gasteiger partial charge on any atom is -0.452 e. The quantitative estimate of drug-likeness (QED) is 0.626. The van der Waals surface area contributed by atoms with E-state index in [0.717, 1.165) is 20.8 Å². The van der Waals surface area contributed by atoms with Crippen molar-refractivity contribution < 1.29 is 9.53 Å². The van der Waals surface area contributed by atoms with Crippen LogP contribution in [0.15, 0.2) is 48.5 Å². The fraction of sp³-hybridized carbons (Fsp3) is 0.222. The number of para-hydroxylation sites is 1. The highest BCUT2D eigenvalue weighted by atomic mass is 35.5. The SMILES string of the molecule is CC(C)(OC(=O)Cc1cccc(Cl)c1)c1nc2ccccc2s1. The summed E-state index contributed by atoms with van der Waals surface area (Å²) < 4.78 is 6.75. The molecule has 0 aliphatic carbocycles. The monoisotopic (exact) mass is 345 g/mol. The van der Waals surface area contributed by atoms with Crippen LogP contribution in [0.2, 0.25) is 5.02 Å². The topological polar surface area (TPSA) is 39.2 Å². The van der Waals surface area contributed by atoms with E-state index >= 15 is 0 Å². The van der Waals surface area contributed by atoms with Crippen LogP contribution in [0.5, 0.6) is 0 Å². The van der Waals surface area contributed by atoms with Gasteiger partial charge in [-0.25, -0.2) is 4.98 Å². The Balaban J connectivity index is 1.75. The van der Waals surface area contributed by atoms with Gasteiger partial charge in [0.1, 0.15) is 5.01 Å². The fourth-order valence-corrected chi connectivity index (χ4v) is 3.53. The number of ether oxygens (including phenoxy) is 1. The molecular weight excluding hydrogens is 330 g/mol. The molecule has 5 heteroatoms. The molecule has 1 aromatic heterocycles. The Morgan fingerprint density at radius 1 is 1.22 bits per heavy atom. The van der Waals surface area contributed by atoms with Gasteiger partial charge in [-0.3, -0.25) is 4.79 Å². The predicted molar refractivity (Wildman–Crippen MR) is 93.9 cm³/mol. The van der Waals surface area contributed by atoms with Crippen molar-refractivity contribution in [2.45, 2.75) is 25.9 Å². The molecule has 3 aromatic rings. The molecule has 3 nitrogen and oxygen atoms in total. The maximum atomic E-state index is 12.2. The van der Waals surface area contributed by atoms with E-state index in [1.807, 2.05) is 50.2 Å². The smallest absolute Gasteiger partial charge is 0.311 e. The minimum atomic E-state index is -0.765. The number of carbonyl (C=O) groups excluding carboxylic acids is 1. The highest BCUT2D eigenvalue weighted by molar-refractivity contribution is 7.18. The second-order valence-electron chi connectivity index (χ2n) is 5.78. The van der Waals surface area contributed by atoms with E-state index in [4.69, 9.17) is 16.3 Å². The van der Waals surface area contributed by atoms with Gasteiger partial charge < -0.3 is 4.74 Å². The van der Waals surface area contributed by atoms with Crippen molar-refractivity contribution >= 4 is 39.1 Å². The van der Waals surface area contributed by atoms with Gasteiger partial charge in [0.2, 0.25) is 0 Å². The zero-order valence-electron chi connectivity index (χ0n) is 12.9. The van der Waals surface area contributed by atoms with Crippen LogP contribution in [0.1, 0.15) is 24.4 Å². The molecule has 0 N–H and O–H groups in total. The number of halogens is 1. The molecule has 0 fully saturated rings. The summed E-state index contributed by atoms with van der Waals surface area (Å²) in [5.74, 6) is -0.295.